The van der Waals surface area contributed by atoms with E-state index in [1.54, 1.807) is 25.6 Å². The zero-order chi connectivity index (χ0) is 14.5. The number of aromatic nitrogens is 1. The molecule has 1 aromatic rings. The third-order valence-electron chi connectivity index (χ3n) is 3.89. The monoisotopic (exact) mass is 277 g/mol. The van der Waals surface area contributed by atoms with Crippen molar-refractivity contribution in [2.45, 2.75) is 26.3 Å². The second-order valence-corrected chi connectivity index (χ2v) is 5.26. The summed E-state index contributed by atoms with van der Waals surface area (Å²) in [5, 5.41) is 3.48. The maximum Gasteiger partial charge on any atom is 0.257 e. The van der Waals surface area contributed by atoms with E-state index in [1.165, 1.54) is 0 Å². The molecule has 2 heterocycles. The van der Waals surface area contributed by atoms with E-state index in [9.17, 15) is 4.79 Å². The summed E-state index contributed by atoms with van der Waals surface area (Å²) in [4.78, 5) is 18.5. The minimum Gasteiger partial charge on any atom is -0.494 e. The molecule has 2 atom stereocenters. The molecule has 1 saturated heterocycles. The number of nitrogens with one attached hydrogen (secondary N) is 1. The molecule has 0 aliphatic carbocycles. The Morgan fingerprint density at radius 2 is 2.40 bits per heavy atom. The number of likely N-dealkylation sites (tertiary alicyclic amines) is 1. The summed E-state index contributed by atoms with van der Waals surface area (Å²) in [6, 6.07) is 2.23. The number of nitrogens with zero attached hydrogens (tertiary/aromatic N) is 2. The van der Waals surface area contributed by atoms with Crippen LogP contribution in [0.3, 0.4) is 0 Å². The SMILES string of the molecule is CCNC1CCN(C(=O)c2ccncc2OC)CC1C. The van der Waals surface area contributed by atoms with Gasteiger partial charge in [0.25, 0.3) is 5.91 Å². The van der Waals surface area contributed by atoms with Gasteiger partial charge in [-0.2, -0.15) is 0 Å². The van der Waals surface area contributed by atoms with Crippen LogP contribution in [0.5, 0.6) is 5.75 Å². The highest BCUT2D eigenvalue weighted by Gasteiger charge is 2.29. The Morgan fingerprint density at radius 3 is 3.05 bits per heavy atom. The van der Waals surface area contributed by atoms with E-state index < -0.39 is 0 Å². The Morgan fingerprint density at radius 1 is 1.60 bits per heavy atom. The maximum absolute atomic E-state index is 12.6. The predicted molar refractivity (Wildman–Crippen MR) is 77.9 cm³/mol. The van der Waals surface area contributed by atoms with Crippen molar-refractivity contribution in [3.05, 3.63) is 24.0 Å². The molecule has 1 fully saturated rings. The molecule has 2 unspecified atom stereocenters. The molecule has 0 saturated carbocycles. The third kappa shape index (κ3) is 3.10. The molecule has 1 aromatic heterocycles. The highest BCUT2D eigenvalue weighted by Crippen LogP contribution is 2.22. The van der Waals surface area contributed by atoms with Crippen LogP contribution in [0, 0.1) is 5.92 Å². The highest BCUT2D eigenvalue weighted by atomic mass is 16.5. The number of hydrogen-bond acceptors (Lipinski definition) is 4. The van der Waals surface area contributed by atoms with Crippen molar-refractivity contribution < 1.29 is 9.53 Å². The number of methoxy groups -OCH3 is 1. The lowest BCUT2D eigenvalue weighted by Gasteiger charge is -2.37. The predicted octanol–water partition coefficient (Wildman–Crippen LogP) is 1.55. The zero-order valence-electron chi connectivity index (χ0n) is 12.4. The Bertz CT molecular complexity index is 464. The van der Waals surface area contributed by atoms with Crippen LogP contribution < -0.4 is 10.1 Å². The van der Waals surface area contributed by atoms with E-state index in [0.717, 1.165) is 26.1 Å². The summed E-state index contributed by atoms with van der Waals surface area (Å²) >= 11 is 0. The molecule has 0 spiro atoms. The van der Waals surface area contributed by atoms with Crippen LogP contribution in [0.2, 0.25) is 0 Å². The smallest absolute Gasteiger partial charge is 0.257 e. The van der Waals surface area contributed by atoms with Gasteiger partial charge < -0.3 is 15.0 Å². The number of ether oxygens (including phenoxy) is 1. The summed E-state index contributed by atoms with van der Waals surface area (Å²) in [5.41, 5.74) is 0.594. The second-order valence-electron chi connectivity index (χ2n) is 5.26. The molecule has 1 aliphatic heterocycles. The lowest BCUT2D eigenvalue weighted by molar-refractivity contribution is 0.0642. The Kier molecular flexibility index (Phi) is 4.95. The highest BCUT2D eigenvalue weighted by molar-refractivity contribution is 5.96. The standard InChI is InChI=1S/C15H23N3O2/c1-4-17-13-6-8-18(10-11(13)2)15(19)12-5-7-16-9-14(12)20-3/h5,7,9,11,13,17H,4,6,8,10H2,1-3H3. The van der Waals surface area contributed by atoms with Crippen molar-refractivity contribution in [3.8, 4) is 5.75 Å². The number of piperidine rings is 1. The van der Waals surface area contributed by atoms with Gasteiger partial charge >= 0.3 is 0 Å². The fourth-order valence-electron chi connectivity index (χ4n) is 2.79. The molecule has 1 amide bonds. The van der Waals surface area contributed by atoms with Crippen LogP contribution in [0.1, 0.15) is 30.6 Å². The first-order chi connectivity index (χ1) is 9.67. The topological polar surface area (TPSA) is 54.5 Å². The van der Waals surface area contributed by atoms with Crippen LogP contribution in [-0.2, 0) is 0 Å². The zero-order valence-corrected chi connectivity index (χ0v) is 12.4. The Labute approximate surface area is 120 Å². The first-order valence-corrected chi connectivity index (χ1v) is 7.18. The van der Waals surface area contributed by atoms with Crippen molar-refractivity contribution in [1.82, 2.24) is 15.2 Å². The molecular weight excluding hydrogens is 254 g/mol. The van der Waals surface area contributed by atoms with E-state index >= 15 is 0 Å². The Hall–Kier alpha value is -1.62. The normalized spacial score (nSPS) is 22.6. The summed E-state index contributed by atoms with van der Waals surface area (Å²) in [6.07, 6.45) is 4.21. The van der Waals surface area contributed by atoms with Gasteiger partial charge in [-0.1, -0.05) is 13.8 Å². The van der Waals surface area contributed by atoms with Gasteiger partial charge in [-0.3, -0.25) is 9.78 Å². The van der Waals surface area contributed by atoms with Crippen molar-refractivity contribution >= 4 is 5.91 Å². The number of carbonyl (C=O) groups excluding carboxylic acids is 1. The average Bonchev–Trinajstić information content (AvgIpc) is 2.48. The van der Waals surface area contributed by atoms with Gasteiger partial charge in [0.1, 0.15) is 5.75 Å². The Balaban J connectivity index is 2.07. The maximum atomic E-state index is 12.6. The van der Waals surface area contributed by atoms with Gasteiger partial charge in [0, 0.05) is 25.3 Å². The summed E-state index contributed by atoms with van der Waals surface area (Å²) < 4.78 is 5.22. The van der Waals surface area contributed by atoms with E-state index in [2.05, 4.69) is 24.1 Å². The molecule has 20 heavy (non-hydrogen) atoms. The van der Waals surface area contributed by atoms with Crippen molar-refractivity contribution in [1.29, 1.82) is 0 Å². The summed E-state index contributed by atoms with van der Waals surface area (Å²) in [5.74, 6) is 1.03. The van der Waals surface area contributed by atoms with Crippen LogP contribution in [0.25, 0.3) is 0 Å². The number of hydrogen-bond donors (Lipinski definition) is 1. The van der Waals surface area contributed by atoms with Crippen molar-refractivity contribution in [2.24, 2.45) is 5.92 Å². The quantitative estimate of drug-likeness (QED) is 0.907. The molecule has 1 N–H and O–H groups in total. The lowest BCUT2D eigenvalue weighted by atomic mass is 9.93. The molecule has 5 heteroatoms. The first kappa shape index (κ1) is 14.8. The molecule has 110 valence electrons. The lowest BCUT2D eigenvalue weighted by Crippen LogP contribution is -2.50. The van der Waals surface area contributed by atoms with Crippen LogP contribution in [0.15, 0.2) is 18.5 Å². The van der Waals surface area contributed by atoms with Gasteiger partial charge in [-0.15, -0.1) is 0 Å². The summed E-state index contributed by atoms with van der Waals surface area (Å²) in [6.45, 7) is 6.85. The molecule has 2 rings (SSSR count). The van der Waals surface area contributed by atoms with Gasteiger partial charge in [0.15, 0.2) is 0 Å². The molecular formula is C15H23N3O2. The van der Waals surface area contributed by atoms with E-state index in [1.807, 2.05) is 4.90 Å². The van der Waals surface area contributed by atoms with Crippen LogP contribution in [-0.4, -0.2) is 48.6 Å². The van der Waals surface area contributed by atoms with E-state index in [-0.39, 0.29) is 5.91 Å². The van der Waals surface area contributed by atoms with Gasteiger partial charge in [-0.05, 0) is 24.9 Å². The molecule has 5 nitrogen and oxygen atoms in total. The van der Waals surface area contributed by atoms with Gasteiger partial charge in [-0.25, -0.2) is 0 Å². The van der Waals surface area contributed by atoms with Gasteiger partial charge in [0.2, 0.25) is 0 Å². The minimum atomic E-state index is 0.0334. The number of amides is 1. The number of rotatable bonds is 4. The van der Waals surface area contributed by atoms with E-state index in [0.29, 0.717) is 23.3 Å². The largest absolute Gasteiger partial charge is 0.494 e. The molecule has 1 aliphatic rings. The number of pyridine rings is 1. The van der Waals surface area contributed by atoms with Crippen molar-refractivity contribution in [3.63, 3.8) is 0 Å². The fourth-order valence-corrected chi connectivity index (χ4v) is 2.79. The van der Waals surface area contributed by atoms with Crippen LogP contribution >= 0.6 is 0 Å². The minimum absolute atomic E-state index is 0.0334. The van der Waals surface area contributed by atoms with Crippen LogP contribution in [0.4, 0.5) is 0 Å². The molecule has 0 aromatic carbocycles. The number of carbonyl (C=O) groups is 1. The first-order valence-electron chi connectivity index (χ1n) is 7.18. The molecule has 0 bridgehead atoms. The fraction of sp³-hybridized carbons (Fsp3) is 0.600. The molecule has 0 radical (unpaired) electrons. The average molecular weight is 277 g/mol. The van der Waals surface area contributed by atoms with Crippen molar-refractivity contribution in [2.75, 3.05) is 26.7 Å². The van der Waals surface area contributed by atoms with E-state index in [4.69, 9.17) is 4.74 Å². The van der Waals surface area contributed by atoms with Gasteiger partial charge in [0.05, 0.1) is 18.9 Å². The second kappa shape index (κ2) is 6.70. The third-order valence-corrected chi connectivity index (χ3v) is 3.89. The summed E-state index contributed by atoms with van der Waals surface area (Å²) in [7, 11) is 1.56.